The van der Waals surface area contributed by atoms with Crippen molar-refractivity contribution < 1.29 is 15.0 Å². The zero-order valence-corrected chi connectivity index (χ0v) is 11.1. The zero-order chi connectivity index (χ0) is 14.0. The molecule has 1 aromatic carbocycles. The third kappa shape index (κ3) is 2.52. The minimum atomic E-state index is -0.852. The van der Waals surface area contributed by atoms with Crippen LogP contribution in [0.15, 0.2) is 29.4 Å². The minimum Gasteiger partial charge on any atom is -0.395 e. The van der Waals surface area contributed by atoms with Crippen molar-refractivity contribution in [1.82, 2.24) is 0 Å². The molecular formula is C14H18N2O3. The SMILES string of the molecule is Cc1ccc(N2N=C(C(C)(CO)CO)CC2=O)cc1. The van der Waals surface area contributed by atoms with E-state index in [2.05, 4.69) is 5.10 Å². The summed E-state index contributed by atoms with van der Waals surface area (Å²) in [6.07, 6.45) is 0.130. The predicted molar refractivity (Wildman–Crippen MR) is 73.0 cm³/mol. The van der Waals surface area contributed by atoms with Crippen molar-refractivity contribution in [3.8, 4) is 0 Å². The van der Waals surface area contributed by atoms with Crippen LogP contribution in [0.4, 0.5) is 5.69 Å². The molecule has 2 N–H and O–H groups in total. The molecule has 19 heavy (non-hydrogen) atoms. The van der Waals surface area contributed by atoms with E-state index in [0.717, 1.165) is 5.56 Å². The first kappa shape index (κ1) is 13.7. The van der Waals surface area contributed by atoms with E-state index in [1.807, 2.05) is 31.2 Å². The first-order valence-electron chi connectivity index (χ1n) is 6.19. The molecule has 1 amide bonds. The van der Waals surface area contributed by atoms with Gasteiger partial charge in [-0.2, -0.15) is 5.10 Å². The molecule has 1 aliphatic rings. The Bertz CT molecular complexity index is 504. The van der Waals surface area contributed by atoms with Gasteiger partial charge in [0.25, 0.3) is 5.91 Å². The van der Waals surface area contributed by atoms with Crippen molar-refractivity contribution in [3.63, 3.8) is 0 Å². The van der Waals surface area contributed by atoms with Crippen LogP contribution in [0, 0.1) is 12.3 Å². The molecule has 0 fully saturated rings. The van der Waals surface area contributed by atoms with E-state index in [9.17, 15) is 15.0 Å². The van der Waals surface area contributed by atoms with Crippen molar-refractivity contribution in [1.29, 1.82) is 0 Å². The smallest absolute Gasteiger partial charge is 0.253 e. The molecule has 5 heteroatoms. The summed E-state index contributed by atoms with van der Waals surface area (Å²) in [7, 11) is 0. The summed E-state index contributed by atoms with van der Waals surface area (Å²) >= 11 is 0. The summed E-state index contributed by atoms with van der Waals surface area (Å²) < 4.78 is 0. The number of hydrogen-bond donors (Lipinski definition) is 2. The number of nitrogens with zero attached hydrogens (tertiary/aromatic N) is 2. The van der Waals surface area contributed by atoms with Gasteiger partial charge in [-0.25, -0.2) is 5.01 Å². The molecule has 2 rings (SSSR count). The third-order valence-corrected chi connectivity index (χ3v) is 3.45. The Morgan fingerprint density at radius 3 is 2.37 bits per heavy atom. The molecule has 0 aliphatic carbocycles. The van der Waals surface area contributed by atoms with Crippen LogP contribution in [-0.2, 0) is 4.79 Å². The standard InChI is InChI=1S/C14H18N2O3/c1-10-3-5-11(6-4-10)16-13(19)7-12(15-16)14(2,8-17)9-18/h3-6,17-18H,7-9H2,1-2H3. The van der Waals surface area contributed by atoms with Crippen LogP contribution in [0.25, 0.3) is 0 Å². The van der Waals surface area contributed by atoms with Gasteiger partial charge in [-0.1, -0.05) is 17.7 Å². The molecule has 0 saturated carbocycles. The summed E-state index contributed by atoms with van der Waals surface area (Å²) in [4.78, 5) is 12.0. The maximum Gasteiger partial charge on any atom is 0.253 e. The average Bonchev–Trinajstić information content (AvgIpc) is 2.81. The number of hydrazone groups is 1. The maximum atomic E-state index is 12.0. The second-order valence-electron chi connectivity index (χ2n) is 5.14. The van der Waals surface area contributed by atoms with E-state index in [1.165, 1.54) is 5.01 Å². The van der Waals surface area contributed by atoms with Gasteiger partial charge in [-0.05, 0) is 26.0 Å². The Kier molecular flexibility index (Phi) is 3.68. The van der Waals surface area contributed by atoms with Crippen LogP contribution in [0.5, 0.6) is 0 Å². The van der Waals surface area contributed by atoms with Crippen molar-refractivity contribution in [2.45, 2.75) is 20.3 Å². The van der Waals surface area contributed by atoms with Crippen LogP contribution >= 0.6 is 0 Å². The molecule has 0 radical (unpaired) electrons. The quantitative estimate of drug-likeness (QED) is 0.852. The fraction of sp³-hybridized carbons (Fsp3) is 0.429. The van der Waals surface area contributed by atoms with Crippen molar-refractivity contribution in [2.75, 3.05) is 18.2 Å². The Labute approximate surface area is 112 Å². The highest BCUT2D eigenvalue weighted by Crippen LogP contribution is 2.28. The topological polar surface area (TPSA) is 73.1 Å². The molecule has 0 unspecified atom stereocenters. The lowest BCUT2D eigenvalue weighted by Crippen LogP contribution is -2.34. The number of carbonyl (C=O) groups is 1. The van der Waals surface area contributed by atoms with Crippen LogP contribution in [0.3, 0.4) is 0 Å². The Morgan fingerprint density at radius 2 is 1.84 bits per heavy atom. The van der Waals surface area contributed by atoms with E-state index in [-0.39, 0.29) is 25.5 Å². The number of aliphatic hydroxyl groups is 2. The van der Waals surface area contributed by atoms with Crippen LogP contribution in [0.1, 0.15) is 18.9 Å². The van der Waals surface area contributed by atoms with E-state index in [1.54, 1.807) is 6.92 Å². The highest BCUT2D eigenvalue weighted by Gasteiger charge is 2.37. The van der Waals surface area contributed by atoms with E-state index in [0.29, 0.717) is 11.4 Å². The molecule has 0 bridgehead atoms. The monoisotopic (exact) mass is 262 g/mol. The normalized spacial score (nSPS) is 15.9. The van der Waals surface area contributed by atoms with E-state index in [4.69, 9.17) is 0 Å². The molecule has 0 spiro atoms. The number of anilines is 1. The molecule has 0 aromatic heterocycles. The Morgan fingerprint density at radius 1 is 1.26 bits per heavy atom. The fourth-order valence-corrected chi connectivity index (χ4v) is 1.88. The molecule has 0 atom stereocenters. The first-order chi connectivity index (χ1) is 9.00. The number of hydrogen-bond acceptors (Lipinski definition) is 4. The number of aryl methyl sites for hydroxylation is 1. The molecule has 5 nitrogen and oxygen atoms in total. The third-order valence-electron chi connectivity index (χ3n) is 3.45. The summed E-state index contributed by atoms with van der Waals surface area (Å²) in [5.41, 5.74) is 1.47. The lowest BCUT2D eigenvalue weighted by Gasteiger charge is -2.23. The number of benzene rings is 1. The van der Waals surface area contributed by atoms with Gasteiger partial charge < -0.3 is 10.2 Å². The van der Waals surface area contributed by atoms with Crippen LogP contribution in [0.2, 0.25) is 0 Å². The van der Waals surface area contributed by atoms with Crippen molar-refractivity contribution in [2.24, 2.45) is 10.5 Å². The lowest BCUT2D eigenvalue weighted by atomic mass is 9.85. The van der Waals surface area contributed by atoms with Gasteiger partial charge in [0.2, 0.25) is 0 Å². The Hall–Kier alpha value is -1.72. The lowest BCUT2D eigenvalue weighted by molar-refractivity contribution is -0.117. The van der Waals surface area contributed by atoms with Gasteiger partial charge in [0, 0.05) is 0 Å². The van der Waals surface area contributed by atoms with Gasteiger partial charge in [0.15, 0.2) is 0 Å². The van der Waals surface area contributed by atoms with Gasteiger partial charge in [-0.3, -0.25) is 4.79 Å². The maximum absolute atomic E-state index is 12.0. The van der Waals surface area contributed by atoms with E-state index >= 15 is 0 Å². The average molecular weight is 262 g/mol. The van der Waals surface area contributed by atoms with Gasteiger partial charge in [0.05, 0.1) is 36.4 Å². The molecule has 1 aromatic rings. The largest absolute Gasteiger partial charge is 0.395 e. The minimum absolute atomic E-state index is 0.130. The molecule has 1 heterocycles. The van der Waals surface area contributed by atoms with Gasteiger partial charge in [-0.15, -0.1) is 0 Å². The van der Waals surface area contributed by atoms with Gasteiger partial charge in [0.1, 0.15) is 0 Å². The first-order valence-corrected chi connectivity index (χ1v) is 6.19. The number of rotatable bonds is 4. The molecule has 102 valence electrons. The van der Waals surface area contributed by atoms with Crippen molar-refractivity contribution >= 4 is 17.3 Å². The second kappa shape index (κ2) is 5.11. The molecule has 0 saturated heterocycles. The molecular weight excluding hydrogens is 244 g/mol. The summed E-state index contributed by atoms with van der Waals surface area (Å²) in [6, 6.07) is 7.48. The van der Waals surface area contributed by atoms with Gasteiger partial charge >= 0.3 is 0 Å². The summed E-state index contributed by atoms with van der Waals surface area (Å²) in [5, 5.41) is 24.3. The van der Waals surface area contributed by atoms with Crippen LogP contribution < -0.4 is 5.01 Å². The highest BCUT2D eigenvalue weighted by molar-refractivity contribution is 6.14. The second-order valence-corrected chi connectivity index (χ2v) is 5.14. The highest BCUT2D eigenvalue weighted by atomic mass is 16.3. The number of amides is 1. The Balaban J connectivity index is 2.31. The zero-order valence-electron chi connectivity index (χ0n) is 11.1. The fourth-order valence-electron chi connectivity index (χ4n) is 1.88. The number of aliphatic hydroxyl groups excluding tert-OH is 2. The van der Waals surface area contributed by atoms with Crippen molar-refractivity contribution in [3.05, 3.63) is 29.8 Å². The van der Waals surface area contributed by atoms with E-state index < -0.39 is 5.41 Å². The van der Waals surface area contributed by atoms with Crippen LogP contribution in [-0.4, -0.2) is 35.0 Å². The molecule has 1 aliphatic heterocycles. The summed E-state index contributed by atoms with van der Waals surface area (Å²) in [6.45, 7) is 3.19. The summed E-state index contributed by atoms with van der Waals surface area (Å²) in [5.74, 6) is -0.146. The predicted octanol–water partition coefficient (Wildman–Crippen LogP) is 1.08. The number of carbonyl (C=O) groups excluding carboxylic acids is 1.